The van der Waals surface area contributed by atoms with Crippen LogP contribution in [0.1, 0.15) is 18.4 Å². The summed E-state index contributed by atoms with van der Waals surface area (Å²) in [6.45, 7) is 2.97. The number of hydrogen-bond acceptors (Lipinski definition) is 5. The van der Waals surface area contributed by atoms with Gasteiger partial charge in [0.1, 0.15) is 6.07 Å². The zero-order chi connectivity index (χ0) is 15.8. The highest BCUT2D eigenvalue weighted by Gasteiger charge is 2.19. The van der Waals surface area contributed by atoms with Crippen molar-refractivity contribution in [1.29, 1.82) is 5.26 Å². The predicted molar refractivity (Wildman–Crippen MR) is 83.6 cm³/mol. The lowest BCUT2D eigenvalue weighted by Crippen LogP contribution is -2.40. The van der Waals surface area contributed by atoms with Gasteiger partial charge in [-0.3, -0.25) is 4.90 Å². The van der Waals surface area contributed by atoms with E-state index in [4.69, 9.17) is 5.26 Å². The number of ether oxygens (including phenoxy) is 1. The number of rotatable bonds is 5. The third kappa shape index (κ3) is 4.61. The molecule has 22 heavy (non-hydrogen) atoms. The molecule has 2 rings (SSSR count). The van der Waals surface area contributed by atoms with Crippen LogP contribution in [0, 0.1) is 11.3 Å². The van der Waals surface area contributed by atoms with E-state index >= 15 is 0 Å². The minimum absolute atomic E-state index is 0.00853. The first kappa shape index (κ1) is 16.1. The van der Waals surface area contributed by atoms with Gasteiger partial charge < -0.3 is 10.1 Å². The molecule has 1 heterocycles. The number of methoxy groups -OCH3 is 1. The maximum Gasteiger partial charge on any atom is 0.350 e. The molecule has 116 valence electrons. The van der Waals surface area contributed by atoms with E-state index in [-0.39, 0.29) is 5.57 Å². The normalized spacial score (nSPS) is 16.8. The maximum atomic E-state index is 11.3. The Morgan fingerprint density at radius 3 is 2.68 bits per heavy atom. The number of carbonyl (C=O) groups is 1. The third-order valence-corrected chi connectivity index (χ3v) is 3.83. The van der Waals surface area contributed by atoms with Crippen LogP contribution in [0.4, 0.5) is 0 Å². The Hall–Kier alpha value is -2.32. The molecule has 1 saturated heterocycles. The van der Waals surface area contributed by atoms with Gasteiger partial charge in [0.15, 0.2) is 5.57 Å². The lowest BCUT2D eigenvalue weighted by Gasteiger charge is -2.32. The molecule has 0 unspecified atom stereocenters. The molecule has 1 aliphatic heterocycles. The van der Waals surface area contributed by atoms with E-state index in [0.717, 1.165) is 32.5 Å². The van der Waals surface area contributed by atoms with Crippen LogP contribution in [0.2, 0.25) is 0 Å². The summed E-state index contributed by atoms with van der Waals surface area (Å²) in [5.41, 5.74) is 1.33. The first-order valence-electron chi connectivity index (χ1n) is 7.44. The van der Waals surface area contributed by atoms with Crippen molar-refractivity contribution in [3.8, 4) is 6.07 Å². The number of nitrogens with zero attached hydrogens (tertiary/aromatic N) is 2. The number of benzene rings is 1. The van der Waals surface area contributed by atoms with Crippen molar-refractivity contribution < 1.29 is 9.53 Å². The van der Waals surface area contributed by atoms with Gasteiger partial charge in [-0.25, -0.2) is 4.79 Å². The second kappa shape index (κ2) is 8.20. The van der Waals surface area contributed by atoms with Gasteiger partial charge in [-0.15, -0.1) is 0 Å². The molecule has 0 spiro atoms. The summed E-state index contributed by atoms with van der Waals surface area (Å²) in [7, 11) is 1.27. The van der Waals surface area contributed by atoms with Gasteiger partial charge in [-0.2, -0.15) is 5.26 Å². The maximum absolute atomic E-state index is 11.3. The lowest BCUT2D eigenvalue weighted by molar-refractivity contribution is -0.135. The number of esters is 1. The van der Waals surface area contributed by atoms with E-state index in [1.807, 2.05) is 12.1 Å². The Labute approximate surface area is 131 Å². The number of likely N-dealkylation sites (tertiary alicyclic amines) is 1. The summed E-state index contributed by atoms with van der Waals surface area (Å²) in [6, 6.07) is 12.6. The molecule has 0 saturated carbocycles. The Kier molecular flexibility index (Phi) is 5.99. The van der Waals surface area contributed by atoms with Crippen LogP contribution in [-0.2, 0) is 16.1 Å². The standard InChI is InChI=1S/C17H21N3O2/c1-22-17(21)15(11-18)12-19-16-7-9-20(10-8-16)13-14-5-3-2-4-6-14/h2-6,12,16,19H,7-10,13H2,1H3/b15-12-. The molecule has 1 aromatic rings. The van der Waals surface area contributed by atoms with E-state index in [1.165, 1.54) is 18.9 Å². The van der Waals surface area contributed by atoms with Crippen LogP contribution in [0.15, 0.2) is 42.1 Å². The van der Waals surface area contributed by atoms with E-state index in [0.29, 0.717) is 6.04 Å². The van der Waals surface area contributed by atoms with Gasteiger partial charge in [-0.05, 0) is 18.4 Å². The van der Waals surface area contributed by atoms with Crippen LogP contribution < -0.4 is 5.32 Å². The minimum atomic E-state index is -0.600. The van der Waals surface area contributed by atoms with Gasteiger partial charge in [0.2, 0.25) is 0 Å². The molecule has 1 aliphatic rings. The van der Waals surface area contributed by atoms with Gasteiger partial charge in [0.05, 0.1) is 7.11 Å². The number of hydrogen-bond donors (Lipinski definition) is 1. The van der Waals surface area contributed by atoms with Gasteiger partial charge in [0.25, 0.3) is 0 Å². The number of nitrogens with one attached hydrogen (secondary N) is 1. The Bertz CT molecular complexity index is 555. The summed E-state index contributed by atoms with van der Waals surface area (Å²) in [5.74, 6) is -0.600. The molecule has 0 atom stereocenters. The second-order valence-corrected chi connectivity index (χ2v) is 5.36. The second-order valence-electron chi connectivity index (χ2n) is 5.36. The molecular formula is C17H21N3O2. The molecule has 1 fully saturated rings. The molecule has 0 amide bonds. The minimum Gasteiger partial charge on any atom is -0.465 e. The summed E-state index contributed by atoms with van der Waals surface area (Å²) in [6.07, 6.45) is 3.45. The molecule has 1 aromatic carbocycles. The molecule has 0 aromatic heterocycles. The van der Waals surface area contributed by atoms with E-state index in [2.05, 4.69) is 39.2 Å². The third-order valence-electron chi connectivity index (χ3n) is 3.83. The Morgan fingerprint density at radius 1 is 1.41 bits per heavy atom. The fourth-order valence-corrected chi connectivity index (χ4v) is 2.55. The fraction of sp³-hybridized carbons (Fsp3) is 0.412. The van der Waals surface area contributed by atoms with Gasteiger partial charge in [-0.1, -0.05) is 30.3 Å². The van der Waals surface area contributed by atoms with Crippen molar-refractivity contribution in [1.82, 2.24) is 10.2 Å². The van der Waals surface area contributed by atoms with Crippen molar-refractivity contribution in [2.24, 2.45) is 0 Å². The van der Waals surface area contributed by atoms with Gasteiger partial charge in [0, 0.05) is 31.9 Å². The SMILES string of the molecule is COC(=O)/C(C#N)=C\NC1CCN(Cc2ccccc2)CC1. The first-order chi connectivity index (χ1) is 10.7. The van der Waals surface area contributed by atoms with Crippen molar-refractivity contribution in [3.63, 3.8) is 0 Å². The van der Waals surface area contributed by atoms with E-state index in [9.17, 15) is 4.79 Å². The van der Waals surface area contributed by atoms with Crippen LogP contribution in [0.25, 0.3) is 0 Å². The molecule has 5 heteroatoms. The number of nitriles is 1. The summed E-state index contributed by atoms with van der Waals surface area (Å²) in [5, 5.41) is 12.1. The van der Waals surface area contributed by atoms with Crippen LogP contribution in [-0.4, -0.2) is 37.1 Å². The summed E-state index contributed by atoms with van der Waals surface area (Å²) < 4.78 is 4.55. The molecule has 0 bridgehead atoms. The van der Waals surface area contributed by atoms with Crippen LogP contribution in [0.3, 0.4) is 0 Å². The van der Waals surface area contributed by atoms with E-state index < -0.39 is 5.97 Å². The molecule has 5 nitrogen and oxygen atoms in total. The zero-order valence-corrected chi connectivity index (χ0v) is 12.8. The first-order valence-corrected chi connectivity index (χ1v) is 7.44. The summed E-state index contributed by atoms with van der Waals surface area (Å²) >= 11 is 0. The van der Waals surface area contributed by atoms with Crippen molar-refractivity contribution in [2.75, 3.05) is 20.2 Å². The van der Waals surface area contributed by atoms with Crippen LogP contribution >= 0.6 is 0 Å². The average Bonchev–Trinajstić information content (AvgIpc) is 2.57. The molecule has 1 N–H and O–H groups in total. The van der Waals surface area contributed by atoms with Crippen molar-refractivity contribution >= 4 is 5.97 Å². The quantitative estimate of drug-likeness (QED) is 0.510. The van der Waals surface area contributed by atoms with Crippen LogP contribution in [0.5, 0.6) is 0 Å². The Balaban J connectivity index is 1.79. The van der Waals surface area contributed by atoms with Crippen molar-refractivity contribution in [2.45, 2.75) is 25.4 Å². The Morgan fingerprint density at radius 2 is 2.09 bits per heavy atom. The zero-order valence-electron chi connectivity index (χ0n) is 12.8. The monoisotopic (exact) mass is 299 g/mol. The highest BCUT2D eigenvalue weighted by Crippen LogP contribution is 2.14. The largest absolute Gasteiger partial charge is 0.465 e. The topological polar surface area (TPSA) is 65.4 Å². The predicted octanol–water partition coefficient (Wildman–Crippen LogP) is 1.82. The highest BCUT2D eigenvalue weighted by atomic mass is 16.5. The van der Waals surface area contributed by atoms with Gasteiger partial charge >= 0.3 is 5.97 Å². The fourth-order valence-electron chi connectivity index (χ4n) is 2.55. The highest BCUT2D eigenvalue weighted by molar-refractivity contribution is 5.92. The van der Waals surface area contributed by atoms with Crippen molar-refractivity contribution in [3.05, 3.63) is 47.7 Å². The number of carbonyl (C=O) groups excluding carboxylic acids is 1. The molecule has 0 radical (unpaired) electrons. The number of piperidine rings is 1. The lowest BCUT2D eigenvalue weighted by atomic mass is 10.0. The molecular weight excluding hydrogens is 278 g/mol. The average molecular weight is 299 g/mol. The smallest absolute Gasteiger partial charge is 0.350 e. The molecule has 0 aliphatic carbocycles. The van der Waals surface area contributed by atoms with E-state index in [1.54, 1.807) is 0 Å². The summed E-state index contributed by atoms with van der Waals surface area (Å²) in [4.78, 5) is 13.7.